The Kier molecular flexibility index (Phi) is 6.32. The number of carbonyl (C=O) groups excluding carboxylic acids is 1. The van der Waals surface area contributed by atoms with E-state index in [4.69, 9.17) is 9.79 Å². The summed E-state index contributed by atoms with van der Waals surface area (Å²) in [7, 11) is -3.02. The van der Waals surface area contributed by atoms with Crippen LogP contribution in [0.25, 0.3) is 22.3 Å². The summed E-state index contributed by atoms with van der Waals surface area (Å²) in [6.07, 6.45) is 0.377. The average molecular weight is 528 g/mol. The third kappa shape index (κ3) is 5.12. The van der Waals surface area contributed by atoms with Gasteiger partial charge in [0.2, 0.25) is 0 Å². The lowest BCUT2D eigenvalue weighted by atomic mass is 9.98. The van der Waals surface area contributed by atoms with Crippen LogP contribution in [0, 0.1) is 0 Å². The van der Waals surface area contributed by atoms with Gasteiger partial charge in [0, 0.05) is 22.6 Å². The van der Waals surface area contributed by atoms with Gasteiger partial charge in [-0.05, 0) is 41.8 Å². The van der Waals surface area contributed by atoms with E-state index < -0.39 is 13.7 Å². The highest BCUT2D eigenvalue weighted by molar-refractivity contribution is 9.10. The maximum absolute atomic E-state index is 12.8. The lowest BCUT2D eigenvalue weighted by Crippen LogP contribution is -2.21. The molecule has 0 atom stereocenters. The van der Waals surface area contributed by atoms with Gasteiger partial charge in [0.1, 0.15) is 5.82 Å². The van der Waals surface area contributed by atoms with Crippen LogP contribution in [-0.4, -0.2) is 25.2 Å². The third-order valence-electron chi connectivity index (χ3n) is 5.15. The topological polar surface area (TPSA) is 122 Å². The number of nitrogens with one attached hydrogen (secondary N) is 1. The van der Waals surface area contributed by atoms with Crippen molar-refractivity contribution in [3.05, 3.63) is 98.2 Å². The van der Waals surface area contributed by atoms with Gasteiger partial charge in [-0.25, -0.2) is 9.55 Å². The molecule has 0 radical (unpaired) electrons. The van der Waals surface area contributed by atoms with E-state index in [2.05, 4.69) is 20.9 Å². The molecule has 168 valence electrons. The first-order chi connectivity index (χ1) is 15.6. The molecular weight excluding hydrogens is 509 g/mol. The number of nitrogens with zero attached hydrogens (tertiary/aromatic N) is 2. The monoisotopic (exact) mass is 527 g/mol. The molecule has 3 aromatic carbocycles. The van der Waals surface area contributed by atoms with E-state index >= 15 is 0 Å². The van der Waals surface area contributed by atoms with Gasteiger partial charge in [0.25, 0.3) is 11.5 Å². The van der Waals surface area contributed by atoms with Crippen LogP contribution in [0.2, 0.25) is 0 Å². The summed E-state index contributed by atoms with van der Waals surface area (Å²) in [5.41, 5.74) is 2.90. The molecule has 0 aliphatic rings. The Morgan fingerprint density at radius 2 is 1.79 bits per heavy atom. The minimum atomic E-state index is -4.70. The first-order valence-corrected chi connectivity index (χ1v) is 12.2. The Bertz CT molecular complexity index is 1480. The molecule has 1 amide bonds. The molecule has 1 aromatic heterocycles. The fraction of sp³-hybridized carbons (Fsp3) is 0.0870. The van der Waals surface area contributed by atoms with Crippen LogP contribution in [0.3, 0.4) is 0 Å². The van der Waals surface area contributed by atoms with E-state index in [0.717, 1.165) is 15.6 Å². The Hall–Kier alpha value is -3.10. The second-order valence-corrected chi connectivity index (χ2v) is 9.70. The molecule has 4 rings (SSSR count). The van der Waals surface area contributed by atoms with Crippen LogP contribution in [0.15, 0.2) is 76.0 Å². The minimum Gasteiger partial charge on any atom is -0.308 e. The molecule has 1 heterocycles. The predicted octanol–water partition coefficient (Wildman–Crippen LogP) is 3.78. The zero-order chi connectivity index (χ0) is 23.8. The molecule has 0 saturated heterocycles. The predicted molar refractivity (Wildman–Crippen MR) is 129 cm³/mol. The molecule has 8 nitrogen and oxygen atoms in total. The lowest BCUT2D eigenvalue weighted by Gasteiger charge is -2.12. The Morgan fingerprint density at radius 3 is 2.48 bits per heavy atom. The summed E-state index contributed by atoms with van der Waals surface area (Å²) in [6.45, 7) is 0. The van der Waals surface area contributed by atoms with Crippen molar-refractivity contribution in [2.75, 3.05) is 0 Å². The Labute approximate surface area is 197 Å². The van der Waals surface area contributed by atoms with E-state index in [1.165, 1.54) is 10.6 Å². The number of fused-ring (bicyclic) bond motifs is 1. The number of hydrogen-bond acceptors (Lipinski definition) is 4. The second-order valence-electron chi connectivity index (χ2n) is 7.48. The summed E-state index contributed by atoms with van der Waals surface area (Å²) in [5.74, 6) is -0.310. The highest BCUT2D eigenvalue weighted by Crippen LogP contribution is 2.29. The van der Waals surface area contributed by atoms with Crippen molar-refractivity contribution < 1.29 is 19.1 Å². The average Bonchev–Trinajstić information content (AvgIpc) is 2.76. The number of halogens is 1. The molecule has 0 aliphatic carbocycles. The number of carbonyl (C=O) groups is 1. The normalized spacial score (nSPS) is 11.5. The maximum atomic E-state index is 12.8. The van der Waals surface area contributed by atoms with Crippen LogP contribution in [-0.2, 0) is 18.0 Å². The summed E-state index contributed by atoms with van der Waals surface area (Å²) in [6, 6.07) is 19.4. The number of rotatable bonds is 5. The second kappa shape index (κ2) is 9.03. The van der Waals surface area contributed by atoms with Crippen molar-refractivity contribution >= 4 is 40.5 Å². The smallest absolute Gasteiger partial charge is 0.308 e. The molecule has 0 aliphatic heterocycles. The fourth-order valence-corrected chi connectivity index (χ4v) is 4.32. The zero-order valence-corrected chi connectivity index (χ0v) is 19.9. The van der Waals surface area contributed by atoms with Gasteiger partial charge in [0.05, 0.1) is 10.9 Å². The number of hydrogen-bond donors (Lipinski definition) is 3. The minimum absolute atomic E-state index is 0.142. The van der Waals surface area contributed by atoms with Gasteiger partial charge in [0.15, 0.2) is 0 Å². The van der Waals surface area contributed by atoms with E-state index in [9.17, 15) is 14.2 Å². The first-order valence-electron chi connectivity index (χ1n) is 9.84. The third-order valence-corrected chi connectivity index (χ3v) is 6.14. The van der Waals surface area contributed by atoms with E-state index in [0.29, 0.717) is 28.7 Å². The van der Waals surface area contributed by atoms with E-state index in [-0.39, 0.29) is 11.1 Å². The maximum Gasteiger partial charge on any atom is 0.430 e. The number of amides is 1. The molecule has 3 N–H and O–H groups in total. The molecule has 0 fully saturated rings. The number of benzene rings is 3. The molecule has 10 heteroatoms. The molecular formula is C23H19BrN3O5P. The molecule has 0 bridgehead atoms. The zero-order valence-electron chi connectivity index (χ0n) is 17.4. The van der Waals surface area contributed by atoms with Gasteiger partial charge < -0.3 is 9.79 Å². The van der Waals surface area contributed by atoms with E-state index in [1.807, 2.05) is 24.3 Å². The van der Waals surface area contributed by atoms with Crippen molar-refractivity contribution in [3.63, 3.8) is 0 Å². The summed E-state index contributed by atoms with van der Waals surface area (Å²) < 4.78 is 13.5. The molecule has 0 saturated carbocycles. The van der Waals surface area contributed by atoms with Crippen LogP contribution in [0.5, 0.6) is 0 Å². The van der Waals surface area contributed by atoms with Gasteiger partial charge in [-0.2, -0.15) is 0 Å². The first kappa shape index (κ1) is 23.1. The van der Waals surface area contributed by atoms with Gasteiger partial charge >= 0.3 is 7.75 Å². The SMILES string of the molecule is Cn1c(-c2ccc(Cc3ccccc3C(=O)NP(=O)(O)O)cc2)nc2cc(Br)ccc2c1=O. The van der Waals surface area contributed by atoms with Crippen molar-refractivity contribution in [2.45, 2.75) is 6.42 Å². The Morgan fingerprint density at radius 1 is 1.09 bits per heavy atom. The van der Waals surface area contributed by atoms with Crippen LogP contribution in [0.4, 0.5) is 0 Å². The van der Waals surface area contributed by atoms with E-state index in [1.54, 1.807) is 48.5 Å². The molecule has 0 spiro atoms. The molecule has 33 heavy (non-hydrogen) atoms. The van der Waals surface area contributed by atoms with Crippen molar-refractivity contribution in [3.8, 4) is 11.4 Å². The van der Waals surface area contributed by atoms with Crippen LogP contribution < -0.4 is 10.6 Å². The summed E-state index contributed by atoms with van der Waals surface area (Å²) in [4.78, 5) is 47.8. The van der Waals surface area contributed by atoms with Gasteiger partial charge in [-0.1, -0.05) is 58.4 Å². The molecule has 4 aromatic rings. The highest BCUT2D eigenvalue weighted by Gasteiger charge is 2.20. The summed E-state index contributed by atoms with van der Waals surface area (Å²) >= 11 is 3.41. The van der Waals surface area contributed by atoms with Crippen molar-refractivity contribution in [2.24, 2.45) is 7.05 Å². The van der Waals surface area contributed by atoms with Crippen molar-refractivity contribution in [1.82, 2.24) is 14.6 Å². The van der Waals surface area contributed by atoms with Crippen LogP contribution in [0.1, 0.15) is 21.5 Å². The Balaban J connectivity index is 1.65. The highest BCUT2D eigenvalue weighted by atomic mass is 79.9. The standard InChI is InChI=1S/C23H19BrN3O5P/c1-27-21(25-20-13-17(24)10-11-19(20)23(27)29)15-8-6-14(7-9-15)12-16-4-2-3-5-18(16)22(28)26-33(30,31)32/h2-11,13H,12H2,1H3,(H3,26,28,30,31,32). The van der Waals surface area contributed by atoms with Crippen LogP contribution >= 0.6 is 23.7 Å². The van der Waals surface area contributed by atoms with Gasteiger partial charge in [-0.15, -0.1) is 0 Å². The largest absolute Gasteiger partial charge is 0.430 e. The van der Waals surface area contributed by atoms with Gasteiger partial charge in [-0.3, -0.25) is 19.2 Å². The quantitative estimate of drug-likeness (QED) is 0.339. The van der Waals surface area contributed by atoms with Crippen molar-refractivity contribution in [1.29, 1.82) is 0 Å². The number of aromatic nitrogens is 2. The molecule has 0 unspecified atom stereocenters. The fourth-order valence-electron chi connectivity index (χ4n) is 3.58. The summed E-state index contributed by atoms with van der Waals surface area (Å²) in [5, 5.41) is 2.24. The lowest BCUT2D eigenvalue weighted by molar-refractivity contribution is 0.0971.